The predicted molar refractivity (Wildman–Crippen MR) is 73.8 cm³/mol. The normalized spacial score (nSPS) is 26.0. The van der Waals surface area contributed by atoms with Gasteiger partial charge in [-0.1, -0.05) is 0 Å². The van der Waals surface area contributed by atoms with E-state index in [2.05, 4.69) is 10.1 Å². The summed E-state index contributed by atoms with van der Waals surface area (Å²) in [4.78, 5) is 22.1. The van der Waals surface area contributed by atoms with E-state index in [1.165, 1.54) is 13.8 Å². The molecule has 0 spiro atoms. The van der Waals surface area contributed by atoms with Crippen molar-refractivity contribution in [3.63, 3.8) is 0 Å². The first-order valence-electron chi connectivity index (χ1n) is 6.86. The molecule has 7 heteroatoms. The summed E-state index contributed by atoms with van der Waals surface area (Å²) >= 11 is 0. The Balaban J connectivity index is 2.95. The van der Waals surface area contributed by atoms with Gasteiger partial charge < -0.3 is 19.9 Å². The quantitative estimate of drug-likeness (QED) is 0.575. The van der Waals surface area contributed by atoms with Gasteiger partial charge in [-0.05, 0) is 34.1 Å². The molecule has 1 saturated heterocycles. The molecule has 122 valence electrons. The number of hydrogen-bond acceptors (Lipinski definition) is 7. The van der Waals surface area contributed by atoms with Gasteiger partial charge in [0.1, 0.15) is 0 Å². The van der Waals surface area contributed by atoms with E-state index in [9.17, 15) is 14.7 Å². The summed E-state index contributed by atoms with van der Waals surface area (Å²) in [5.74, 6) is -3.92. The summed E-state index contributed by atoms with van der Waals surface area (Å²) in [6.07, 6.45) is 0.518. The van der Waals surface area contributed by atoms with Crippen molar-refractivity contribution in [1.82, 2.24) is 5.32 Å². The average Bonchev–Trinajstić information content (AvgIpc) is 2.45. The van der Waals surface area contributed by atoms with Gasteiger partial charge in [0, 0.05) is 24.9 Å². The SMILES string of the molecule is CC(=O)OCO[C@](O)(OC(C)=O)[C@@H]1CC(C)(C)NC1(C)C. The lowest BCUT2D eigenvalue weighted by atomic mass is 9.85. The molecule has 7 nitrogen and oxygen atoms in total. The van der Waals surface area contributed by atoms with Crippen LogP contribution in [0.15, 0.2) is 0 Å². The summed E-state index contributed by atoms with van der Waals surface area (Å²) in [5, 5.41) is 14.0. The van der Waals surface area contributed by atoms with Crippen LogP contribution in [0, 0.1) is 5.92 Å². The van der Waals surface area contributed by atoms with Gasteiger partial charge in [0.05, 0.1) is 5.92 Å². The zero-order chi connectivity index (χ0) is 16.5. The molecule has 2 atom stereocenters. The second kappa shape index (κ2) is 5.90. The molecule has 1 rings (SSSR count). The second-order valence-corrected chi connectivity index (χ2v) is 6.61. The van der Waals surface area contributed by atoms with Crippen molar-refractivity contribution in [3.05, 3.63) is 0 Å². The molecule has 0 aromatic carbocycles. The number of ether oxygens (including phenoxy) is 3. The molecule has 0 radical (unpaired) electrons. The lowest BCUT2D eigenvalue weighted by Gasteiger charge is -2.38. The molecule has 1 aliphatic rings. The fourth-order valence-corrected chi connectivity index (χ4v) is 2.96. The summed E-state index contributed by atoms with van der Waals surface area (Å²) in [7, 11) is 0. The zero-order valence-electron chi connectivity index (χ0n) is 13.5. The maximum Gasteiger partial charge on any atom is 0.334 e. The molecule has 0 saturated carbocycles. The number of carbonyl (C=O) groups is 2. The van der Waals surface area contributed by atoms with Crippen LogP contribution in [0.5, 0.6) is 0 Å². The van der Waals surface area contributed by atoms with E-state index < -0.39 is 36.2 Å². The van der Waals surface area contributed by atoms with Crippen LogP contribution >= 0.6 is 0 Å². The summed E-state index contributed by atoms with van der Waals surface area (Å²) < 4.78 is 14.9. The van der Waals surface area contributed by atoms with Crippen LogP contribution in [-0.4, -0.2) is 40.9 Å². The van der Waals surface area contributed by atoms with Gasteiger partial charge in [-0.15, -0.1) is 0 Å². The first-order valence-corrected chi connectivity index (χ1v) is 6.86. The number of carbonyl (C=O) groups excluding carboxylic acids is 2. The highest BCUT2D eigenvalue weighted by molar-refractivity contribution is 5.66. The van der Waals surface area contributed by atoms with E-state index in [0.29, 0.717) is 6.42 Å². The van der Waals surface area contributed by atoms with Crippen molar-refractivity contribution in [2.75, 3.05) is 6.79 Å². The largest absolute Gasteiger partial charge is 0.438 e. The third-order valence-electron chi connectivity index (χ3n) is 3.50. The van der Waals surface area contributed by atoms with Crippen molar-refractivity contribution in [3.8, 4) is 0 Å². The van der Waals surface area contributed by atoms with Crippen LogP contribution in [0.25, 0.3) is 0 Å². The summed E-state index contributed by atoms with van der Waals surface area (Å²) in [6, 6.07) is 0. The van der Waals surface area contributed by atoms with Crippen LogP contribution in [0.3, 0.4) is 0 Å². The van der Waals surface area contributed by atoms with E-state index in [-0.39, 0.29) is 5.54 Å². The number of hydrogen-bond donors (Lipinski definition) is 2. The van der Waals surface area contributed by atoms with Crippen molar-refractivity contribution < 1.29 is 28.9 Å². The number of esters is 2. The highest BCUT2D eigenvalue weighted by atomic mass is 16.9. The molecule has 1 aliphatic heterocycles. The first-order chi connectivity index (χ1) is 9.38. The Morgan fingerprint density at radius 3 is 2.19 bits per heavy atom. The Bertz CT molecular complexity index is 420. The summed E-state index contributed by atoms with van der Waals surface area (Å²) in [6.45, 7) is 9.64. The van der Waals surface area contributed by atoms with Gasteiger partial charge in [-0.25, -0.2) is 0 Å². The Labute approximate surface area is 124 Å². The first kappa shape index (κ1) is 17.9. The second-order valence-electron chi connectivity index (χ2n) is 6.61. The van der Waals surface area contributed by atoms with Crippen LogP contribution in [-0.2, 0) is 23.8 Å². The van der Waals surface area contributed by atoms with Crippen LogP contribution in [0.2, 0.25) is 0 Å². The van der Waals surface area contributed by atoms with E-state index in [1.54, 1.807) is 0 Å². The minimum atomic E-state index is -2.16. The number of nitrogens with one attached hydrogen (secondary N) is 1. The number of rotatable bonds is 5. The van der Waals surface area contributed by atoms with E-state index in [4.69, 9.17) is 9.47 Å². The molecular formula is C14H25NO6. The molecule has 2 N–H and O–H groups in total. The standard InChI is InChI=1S/C14H25NO6/c1-9(16)19-8-20-14(18,21-10(2)17)11-7-12(3,4)15-13(11,5)6/h11,15,18H,7-8H2,1-6H3/t11-,14+/m1/s1. The lowest BCUT2D eigenvalue weighted by Crippen LogP contribution is -2.55. The van der Waals surface area contributed by atoms with Gasteiger partial charge in [-0.2, -0.15) is 0 Å². The predicted octanol–water partition coefficient (Wildman–Crippen LogP) is 0.899. The van der Waals surface area contributed by atoms with Crippen molar-refractivity contribution in [2.45, 2.75) is 65.0 Å². The smallest absolute Gasteiger partial charge is 0.334 e. The van der Waals surface area contributed by atoms with Gasteiger partial charge in [0.2, 0.25) is 0 Å². The average molecular weight is 303 g/mol. The third kappa shape index (κ3) is 4.66. The van der Waals surface area contributed by atoms with Crippen LogP contribution < -0.4 is 5.32 Å². The lowest BCUT2D eigenvalue weighted by molar-refractivity contribution is -0.387. The Morgan fingerprint density at radius 1 is 1.24 bits per heavy atom. The van der Waals surface area contributed by atoms with Crippen LogP contribution in [0.4, 0.5) is 0 Å². The molecule has 0 aromatic heterocycles. The Kier molecular flexibility index (Phi) is 5.02. The molecule has 0 aromatic rings. The van der Waals surface area contributed by atoms with Crippen molar-refractivity contribution in [1.29, 1.82) is 0 Å². The molecule has 1 heterocycles. The fraction of sp³-hybridized carbons (Fsp3) is 0.857. The molecular weight excluding hydrogens is 278 g/mol. The van der Waals surface area contributed by atoms with Gasteiger partial charge in [0.25, 0.3) is 0 Å². The highest BCUT2D eigenvalue weighted by Crippen LogP contribution is 2.43. The molecule has 0 aliphatic carbocycles. The van der Waals surface area contributed by atoms with Crippen LogP contribution in [0.1, 0.15) is 48.0 Å². The van der Waals surface area contributed by atoms with Crippen molar-refractivity contribution >= 4 is 11.9 Å². The minimum Gasteiger partial charge on any atom is -0.438 e. The van der Waals surface area contributed by atoms with Gasteiger partial charge in [-0.3, -0.25) is 14.3 Å². The zero-order valence-corrected chi connectivity index (χ0v) is 13.5. The fourth-order valence-electron chi connectivity index (χ4n) is 2.96. The third-order valence-corrected chi connectivity index (χ3v) is 3.50. The van der Waals surface area contributed by atoms with Crippen molar-refractivity contribution in [2.24, 2.45) is 5.92 Å². The topological polar surface area (TPSA) is 94.1 Å². The highest BCUT2D eigenvalue weighted by Gasteiger charge is 2.57. The molecule has 0 unspecified atom stereocenters. The van der Waals surface area contributed by atoms with E-state index in [1.807, 2.05) is 27.7 Å². The minimum absolute atomic E-state index is 0.257. The van der Waals surface area contributed by atoms with Gasteiger partial charge in [0.15, 0.2) is 6.79 Å². The monoisotopic (exact) mass is 303 g/mol. The maximum absolute atomic E-state index is 11.3. The number of aliphatic hydroxyl groups is 1. The van der Waals surface area contributed by atoms with Gasteiger partial charge >= 0.3 is 17.9 Å². The Hall–Kier alpha value is -1.18. The summed E-state index contributed by atoms with van der Waals surface area (Å²) in [5.41, 5.74) is -0.795. The molecule has 0 amide bonds. The Morgan fingerprint density at radius 2 is 1.81 bits per heavy atom. The molecule has 21 heavy (non-hydrogen) atoms. The maximum atomic E-state index is 11.3. The molecule has 1 fully saturated rings. The molecule has 0 bridgehead atoms. The van der Waals surface area contributed by atoms with E-state index >= 15 is 0 Å². The van der Waals surface area contributed by atoms with E-state index in [0.717, 1.165) is 0 Å².